The molecule has 0 aliphatic carbocycles. The minimum absolute atomic E-state index is 0.0673. The Morgan fingerprint density at radius 1 is 1.08 bits per heavy atom. The number of aromatic nitrogens is 2. The lowest BCUT2D eigenvalue weighted by Gasteiger charge is -2.46. The van der Waals surface area contributed by atoms with Crippen LogP contribution in [0.15, 0.2) is 36.5 Å². The first-order chi connectivity index (χ1) is 12.2. The molecule has 0 radical (unpaired) electrons. The van der Waals surface area contributed by atoms with Crippen molar-refractivity contribution in [3.05, 3.63) is 47.9 Å². The molecular weight excluding hydrogens is 329 g/mol. The van der Waals surface area contributed by atoms with E-state index in [0.29, 0.717) is 18.5 Å². The molecule has 1 fully saturated rings. The van der Waals surface area contributed by atoms with Gasteiger partial charge in [-0.05, 0) is 64.3 Å². The van der Waals surface area contributed by atoms with Gasteiger partial charge in [-0.3, -0.25) is 0 Å². The molecule has 26 heavy (non-hydrogen) atoms. The molecule has 0 spiro atoms. The third kappa shape index (κ3) is 5.14. The summed E-state index contributed by atoms with van der Waals surface area (Å²) in [4.78, 5) is 8.93. The van der Waals surface area contributed by atoms with Gasteiger partial charge in [0.2, 0.25) is 5.95 Å². The monoisotopic (exact) mass is 357 g/mol. The molecule has 3 N–H and O–H groups in total. The van der Waals surface area contributed by atoms with Gasteiger partial charge in [0, 0.05) is 29.9 Å². The van der Waals surface area contributed by atoms with Gasteiger partial charge in [0.05, 0.1) is 0 Å². The van der Waals surface area contributed by atoms with Crippen LogP contribution < -0.4 is 16.0 Å². The van der Waals surface area contributed by atoms with Gasteiger partial charge in [-0.15, -0.1) is 0 Å². The lowest BCUT2D eigenvalue weighted by molar-refractivity contribution is 0.170. The number of halogens is 1. The summed E-state index contributed by atoms with van der Waals surface area (Å²) in [5.74, 6) is 1.15. The van der Waals surface area contributed by atoms with Crippen molar-refractivity contribution in [1.29, 1.82) is 0 Å². The van der Waals surface area contributed by atoms with E-state index in [1.165, 1.54) is 12.1 Å². The van der Waals surface area contributed by atoms with Crippen LogP contribution in [0.4, 0.5) is 16.2 Å². The maximum atomic E-state index is 13.0. The van der Waals surface area contributed by atoms with Gasteiger partial charge in [0.1, 0.15) is 11.6 Å². The van der Waals surface area contributed by atoms with Crippen LogP contribution in [0, 0.1) is 5.82 Å². The van der Waals surface area contributed by atoms with Crippen molar-refractivity contribution in [1.82, 2.24) is 15.3 Å². The summed E-state index contributed by atoms with van der Waals surface area (Å²) in [6, 6.07) is 8.61. The van der Waals surface area contributed by atoms with Crippen molar-refractivity contribution < 1.29 is 4.39 Å². The molecule has 2 aromatic rings. The Hall–Kier alpha value is -2.21. The first-order valence-electron chi connectivity index (χ1n) is 9.08. The average molecular weight is 357 g/mol. The van der Waals surface area contributed by atoms with E-state index in [9.17, 15) is 4.39 Å². The van der Waals surface area contributed by atoms with Crippen LogP contribution in [0.25, 0.3) is 0 Å². The van der Waals surface area contributed by atoms with Crippen molar-refractivity contribution in [2.24, 2.45) is 0 Å². The second-order valence-corrected chi connectivity index (χ2v) is 8.39. The Kier molecular flexibility index (Phi) is 5.14. The molecule has 140 valence electrons. The molecule has 0 bridgehead atoms. The summed E-state index contributed by atoms with van der Waals surface area (Å²) < 4.78 is 13.0. The number of hydrogen-bond acceptors (Lipinski definition) is 5. The zero-order valence-corrected chi connectivity index (χ0v) is 15.9. The molecule has 1 saturated heterocycles. The molecule has 0 unspecified atom stereocenters. The Morgan fingerprint density at radius 3 is 2.38 bits per heavy atom. The van der Waals surface area contributed by atoms with Crippen LogP contribution in [-0.2, 0) is 6.54 Å². The molecule has 1 aliphatic rings. The second-order valence-electron chi connectivity index (χ2n) is 8.39. The Balaban J connectivity index is 1.62. The van der Waals surface area contributed by atoms with E-state index in [0.717, 1.165) is 24.2 Å². The van der Waals surface area contributed by atoms with Crippen molar-refractivity contribution in [2.75, 3.05) is 10.6 Å². The Morgan fingerprint density at radius 2 is 1.73 bits per heavy atom. The summed E-state index contributed by atoms with van der Waals surface area (Å²) in [6.07, 6.45) is 3.76. The maximum absolute atomic E-state index is 13.0. The van der Waals surface area contributed by atoms with Gasteiger partial charge in [-0.1, -0.05) is 12.1 Å². The number of piperidine rings is 1. The fraction of sp³-hybridized carbons (Fsp3) is 0.500. The first-order valence-corrected chi connectivity index (χ1v) is 9.08. The standard InChI is InChI=1S/C20H28FN5/c1-19(2)11-16(12-20(3,4)26-19)24-18-22-10-9-17(25-18)23-13-14-5-7-15(21)8-6-14/h5-10,16,26H,11-13H2,1-4H3,(H2,22,23,24,25). The van der Waals surface area contributed by atoms with Gasteiger partial charge in [-0.25, -0.2) is 9.37 Å². The van der Waals surface area contributed by atoms with E-state index < -0.39 is 0 Å². The van der Waals surface area contributed by atoms with E-state index >= 15 is 0 Å². The van der Waals surface area contributed by atoms with E-state index in [1.54, 1.807) is 18.3 Å². The highest BCUT2D eigenvalue weighted by molar-refractivity contribution is 5.41. The molecule has 1 aromatic heterocycles. The second kappa shape index (κ2) is 7.19. The maximum Gasteiger partial charge on any atom is 0.224 e. The normalized spacial score (nSPS) is 19.1. The zero-order chi connectivity index (χ0) is 18.8. The Bertz CT molecular complexity index is 726. The average Bonchev–Trinajstić information content (AvgIpc) is 2.51. The molecule has 1 aromatic carbocycles. The largest absolute Gasteiger partial charge is 0.366 e. The van der Waals surface area contributed by atoms with E-state index in [-0.39, 0.29) is 16.9 Å². The molecule has 2 heterocycles. The molecule has 5 nitrogen and oxygen atoms in total. The number of anilines is 2. The van der Waals surface area contributed by atoms with Crippen molar-refractivity contribution in [3.63, 3.8) is 0 Å². The molecule has 0 amide bonds. The van der Waals surface area contributed by atoms with Crippen LogP contribution in [0.1, 0.15) is 46.1 Å². The van der Waals surface area contributed by atoms with Gasteiger partial charge >= 0.3 is 0 Å². The molecule has 3 rings (SSSR count). The van der Waals surface area contributed by atoms with Crippen LogP contribution in [0.3, 0.4) is 0 Å². The predicted molar refractivity (Wildman–Crippen MR) is 104 cm³/mol. The lowest BCUT2D eigenvalue weighted by atomic mass is 9.80. The zero-order valence-electron chi connectivity index (χ0n) is 15.9. The van der Waals surface area contributed by atoms with E-state index in [1.807, 2.05) is 6.07 Å². The predicted octanol–water partition coefficient (Wildman–Crippen LogP) is 3.95. The third-order valence-electron chi connectivity index (χ3n) is 4.57. The first kappa shape index (κ1) is 18.6. The van der Waals surface area contributed by atoms with Gasteiger partial charge in [-0.2, -0.15) is 4.98 Å². The summed E-state index contributed by atoms with van der Waals surface area (Å²) in [5.41, 5.74) is 1.14. The molecular formula is C20H28FN5. The highest BCUT2D eigenvalue weighted by Gasteiger charge is 2.37. The van der Waals surface area contributed by atoms with Crippen LogP contribution in [0.2, 0.25) is 0 Å². The fourth-order valence-corrected chi connectivity index (χ4v) is 3.93. The SMILES string of the molecule is CC1(C)CC(Nc2nccc(NCc3ccc(F)cc3)n2)CC(C)(C)N1. The fourth-order valence-electron chi connectivity index (χ4n) is 3.93. The smallest absolute Gasteiger partial charge is 0.224 e. The quantitative estimate of drug-likeness (QED) is 0.756. The minimum Gasteiger partial charge on any atom is -0.366 e. The van der Waals surface area contributed by atoms with Crippen molar-refractivity contribution >= 4 is 11.8 Å². The van der Waals surface area contributed by atoms with Crippen LogP contribution in [-0.4, -0.2) is 27.1 Å². The highest BCUT2D eigenvalue weighted by Crippen LogP contribution is 2.30. The number of benzene rings is 1. The topological polar surface area (TPSA) is 61.9 Å². The van der Waals surface area contributed by atoms with Crippen molar-refractivity contribution in [2.45, 2.75) is 64.2 Å². The number of hydrogen-bond donors (Lipinski definition) is 3. The minimum atomic E-state index is -0.227. The lowest BCUT2D eigenvalue weighted by Crippen LogP contribution is -2.60. The van der Waals surface area contributed by atoms with Gasteiger partial charge < -0.3 is 16.0 Å². The van der Waals surface area contributed by atoms with Crippen LogP contribution in [0.5, 0.6) is 0 Å². The summed E-state index contributed by atoms with van der Waals surface area (Å²) in [7, 11) is 0. The molecule has 0 saturated carbocycles. The van der Waals surface area contributed by atoms with E-state index in [2.05, 4.69) is 53.6 Å². The van der Waals surface area contributed by atoms with Gasteiger partial charge in [0.15, 0.2) is 0 Å². The molecule has 0 atom stereocenters. The number of nitrogens with one attached hydrogen (secondary N) is 3. The van der Waals surface area contributed by atoms with Crippen molar-refractivity contribution in [3.8, 4) is 0 Å². The van der Waals surface area contributed by atoms with Crippen LogP contribution >= 0.6 is 0 Å². The van der Waals surface area contributed by atoms with Gasteiger partial charge in [0.25, 0.3) is 0 Å². The summed E-state index contributed by atoms with van der Waals surface area (Å²) >= 11 is 0. The summed E-state index contributed by atoms with van der Waals surface area (Å²) in [6.45, 7) is 9.49. The highest BCUT2D eigenvalue weighted by atomic mass is 19.1. The number of rotatable bonds is 5. The van der Waals surface area contributed by atoms with E-state index in [4.69, 9.17) is 0 Å². The Labute approximate surface area is 154 Å². The summed E-state index contributed by atoms with van der Waals surface area (Å²) in [5, 5.41) is 10.4. The third-order valence-corrected chi connectivity index (χ3v) is 4.57. The number of nitrogens with zero attached hydrogens (tertiary/aromatic N) is 2. The molecule has 6 heteroatoms. The molecule has 1 aliphatic heterocycles.